The van der Waals surface area contributed by atoms with Crippen LogP contribution in [-0.4, -0.2) is 55.4 Å². The lowest BCUT2D eigenvalue weighted by Gasteiger charge is -2.26. The molecule has 1 N–H and O–H groups in total. The summed E-state index contributed by atoms with van der Waals surface area (Å²) in [5, 5.41) is 4.75. The number of aromatic nitrogens is 2. The van der Waals surface area contributed by atoms with E-state index in [0.29, 0.717) is 11.5 Å². The van der Waals surface area contributed by atoms with E-state index < -0.39 is 0 Å². The van der Waals surface area contributed by atoms with Gasteiger partial charge in [0.25, 0.3) is 0 Å². The number of benzene rings is 1. The molecule has 3 heterocycles. The van der Waals surface area contributed by atoms with E-state index >= 15 is 0 Å². The molecule has 3 aromatic rings. The molecule has 8 heteroatoms. The van der Waals surface area contributed by atoms with Crippen LogP contribution in [0.5, 0.6) is 11.5 Å². The smallest absolute Gasteiger partial charge is 0.162 e. The largest absolute Gasteiger partial charge is 0.493 e. The fourth-order valence-corrected chi connectivity index (χ4v) is 5.96. The first-order valence-electron chi connectivity index (χ1n) is 11.2. The van der Waals surface area contributed by atoms with E-state index in [9.17, 15) is 0 Å². The summed E-state index contributed by atoms with van der Waals surface area (Å²) in [5.41, 5.74) is 2.34. The number of aryl methyl sites for hydroxylation is 1. The molecule has 1 aromatic carbocycles. The SMILES string of the molecule is COc1ccc(Nc2nc(CN3CCOCC3)nc3sc4c(c23)CC[C@@H](C)C4)cc1OC. The van der Waals surface area contributed by atoms with Crippen molar-refractivity contribution in [2.24, 2.45) is 5.92 Å². The predicted molar refractivity (Wildman–Crippen MR) is 128 cm³/mol. The number of methoxy groups -OCH3 is 2. The number of rotatable bonds is 6. The summed E-state index contributed by atoms with van der Waals surface area (Å²) in [6.07, 6.45) is 3.43. The second-order valence-electron chi connectivity index (χ2n) is 8.60. The Morgan fingerprint density at radius 2 is 1.97 bits per heavy atom. The van der Waals surface area contributed by atoms with Crippen molar-refractivity contribution in [2.45, 2.75) is 32.7 Å². The van der Waals surface area contributed by atoms with Gasteiger partial charge in [-0.15, -0.1) is 11.3 Å². The van der Waals surface area contributed by atoms with E-state index in [1.807, 2.05) is 29.5 Å². The Morgan fingerprint density at radius 3 is 2.75 bits per heavy atom. The number of anilines is 2. The van der Waals surface area contributed by atoms with Crippen LogP contribution in [0, 0.1) is 5.92 Å². The van der Waals surface area contributed by atoms with E-state index in [1.165, 1.54) is 22.2 Å². The molecule has 1 saturated heterocycles. The Morgan fingerprint density at radius 1 is 1.16 bits per heavy atom. The number of nitrogens with zero attached hydrogens (tertiary/aromatic N) is 3. The quantitative estimate of drug-likeness (QED) is 0.592. The Bertz CT molecular complexity index is 1110. The fraction of sp³-hybridized carbons (Fsp3) is 0.500. The van der Waals surface area contributed by atoms with Crippen molar-refractivity contribution in [1.82, 2.24) is 14.9 Å². The van der Waals surface area contributed by atoms with Gasteiger partial charge >= 0.3 is 0 Å². The maximum Gasteiger partial charge on any atom is 0.162 e. The van der Waals surface area contributed by atoms with Crippen LogP contribution in [-0.2, 0) is 24.1 Å². The molecule has 0 unspecified atom stereocenters. The summed E-state index contributed by atoms with van der Waals surface area (Å²) in [5.74, 6) is 3.86. The number of ether oxygens (including phenoxy) is 3. The molecule has 0 amide bonds. The van der Waals surface area contributed by atoms with Crippen molar-refractivity contribution >= 4 is 33.1 Å². The van der Waals surface area contributed by atoms with Crippen LogP contribution in [0.25, 0.3) is 10.2 Å². The van der Waals surface area contributed by atoms with Crippen molar-refractivity contribution in [3.05, 3.63) is 34.5 Å². The third-order valence-corrected chi connectivity index (χ3v) is 7.46. The van der Waals surface area contributed by atoms with Gasteiger partial charge in [0, 0.05) is 29.7 Å². The van der Waals surface area contributed by atoms with Gasteiger partial charge < -0.3 is 19.5 Å². The Kier molecular flexibility index (Phi) is 6.17. The zero-order chi connectivity index (χ0) is 22.1. The summed E-state index contributed by atoms with van der Waals surface area (Å²) >= 11 is 1.84. The van der Waals surface area contributed by atoms with Crippen LogP contribution in [0.1, 0.15) is 29.6 Å². The third-order valence-electron chi connectivity index (χ3n) is 6.32. The van der Waals surface area contributed by atoms with E-state index in [0.717, 1.165) is 73.8 Å². The number of thiophene rings is 1. The molecule has 2 aliphatic rings. The average Bonchev–Trinajstić information content (AvgIpc) is 3.17. The van der Waals surface area contributed by atoms with Gasteiger partial charge in [-0.25, -0.2) is 9.97 Å². The molecule has 2 aromatic heterocycles. The molecule has 0 radical (unpaired) electrons. The Hall–Kier alpha value is -2.42. The van der Waals surface area contributed by atoms with Crippen molar-refractivity contribution in [3.63, 3.8) is 0 Å². The number of hydrogen-bond donors (Lipinski definition) is 1. The molecule has 1 aliphatic heterocycles. The Labute approximate surface area is 192 Å². The maximum absolute atomic E-state index is 5.50. The van der Waals surface area contributed by atoms with Crippen LogP contribution in [0.2, 0.25) is 0 Å². The zero-order valence-corrected chi connectivity index (χ0v) is 19.8. The zero-order valence-electron chi connectivity index (χ0n) is 18.9. The van der Waals surface area contributed by atoms with Gasteiger partial charge in [0.05, 0.1) is 39.4 Å². The lowest BCUT2D eigenvalue weighted by Crippen LogP contribution is -2.36. The monoisotopic (exact) mass is 454 g/mol. The van der Waals surface area contributed by atoms with E-state index in [1.54, 1.807) is 14.2 Å². The van der Waals surface area contributed by atoms with Crippen LogP contribution in [0.15, 0.2) is 18.2 Å². The summed E-state index contributed by atoms with van der Waals surface area (Å²) in [4.78, 5) is 14.9. The highest BCUT2D eigenvalue weighted by atomic mass is 32.1. The summed E-state index contributed by atoms with van der Waals surface area (Å²) in [7, 11) is 3.30. The van der Waals surface area contributed by atoms with Crippen molar-refractivity contribution in [1.29, 1.82) is 0 Å². The van der Waals surface area contributed by atoms with Gasteiger partial charge in [0.1, 0.15) is 16.5 Å². The van der Waals surface area contributed by atoms with Crippen LogP contribution in [0.3, 0.4) is 0 Å². The lowest BCUT2D eigenvalue weighted by atomic mass is 9.89. The first kappa shape index (κ1) is 21.4. The minimum atomic E-state index is 0.692. The topological polar surface area (TPSA) is 68.7 Å². The van der Waals surface area contributed by atoms with Crippen LogP contribution in [0.4, 0.5) is 11.5 Å². The van der Waals surface area contributed by atoms with Gasteiger partial charge in [-0.1, -0.05) is 6.92 Å². The molecular weight excluding hydrogens is 424 g/mol. The fourth-order valence-electron chi connectivity index (χ4n) is 4.56. The molecule has 0 saturated carbocycles. The lowest BCUT2D eigenvalue weighted by molar-refractivity contribution is 0.0331. The summed E-state index contributed by atoms with van der Waals surface area (Å²) in [6, 6.07) is 5.87. The minimum absolute atomic E-state index is 0.692. The molecule has 5 rings (SSSR count). The first-order chi connectivity index (χ1) is 15.6. The van der Waals surface area contributed by atoms with Gasteiger partial charge in [0.2, 0.25) is 0 Å². The summed E-state index contributed by atoms with van der Waals surface area (Å²) < 4.78 is 16.4. The average molecular weight is 455 g/mol. The number of nitrogens with one attached hydrogen (secondary N) is 1. The normalized spacial score (nSPS) is 19.0. The Balaban J connectivity index is 1.55. The van der Waals surface area contributed by atoms with Crippen molar-refractivity contribution in [3.8, 4) is 11.5 Å². The van der Waals surface area contributed by atoms with E-state index in [2.05, 4.69) is 17.1 Å². The highest BCUT2D eigenvalue weighted by Crippen LogP contribution is 2.41. The molecule has 170 valence electrons. The third kappa shape index (κ3) is 4.27. The first-order valence-corrected chi connectivity index (χ1v) is 12.1. The standard InChI is InChI=1S/C24H30N4O3S/c1-15-4-6-17-20(12-15)32-24-22(17)23(25-16-5-7-18(29-2)19(13-16)30-3)26-21(27-24)14-28-8-10-31-11-9-28/h5,7,13,15H,4,6,8-12,14H2,1-3H3,(H,25,26,27)/t15-/m1/s1. The second-order valence-corrected chi connectivity index (χ2v) is 9.69. The highest BCUT2D eigenvalue weighted by molar-refractivity contribution is 7.19. The minimum Gasteiger partial charge on any atom is -0.493 e. The van der Waals surface area contributed by atoms with Crippen molar-refractivity contribution < 1.29 is 14.2 Å². The molecule has 32 heavy (non-hydrogen) atoms. The highest BCUT2D eigenvalue weighted by Gasteiger charge is 2.25. The molecule has 7 nitrogen and oxygen atoms in total. The van der Waals surface area contributed by atoms with Gasteiger partial charge in [-0.2, -0.15) is 0 Å². The molecular formula is C24H30N4O3S. The van der Waals surface area contributed by atoms with Crippen LogP contribution < -0.4 is 14.8 Å². The molecule has 1 fully saturated rings. The molecule has 0 spiro atoms. The molecule has 1 atom stereocenters. The van der Waals surface area contributed by atoms with Crippen LogP contribution >= 0.6 is 11.3 Å². The van der Waals surface area contributed by atoms with Gasteiger partial charge in [-0.05, 0) is 42.9 Å². The summed E-state index contributed by atoms with van der Waals surface area (Å²) in [6.45, 7) is 6.44. The van der Waals surface area contributed by atoms with E-state index in [-0.39, 0.29) is 0 Å². The number of fused-ring (bicyclic) bond motifs is 3. The van der Waals surface area contributed by atoms with Crippen molar-refractivity contribution in [2.75, 3.05) is 45.8 Å². The molecule has 1 aliphatic carbocycles. The number of morpholine rings is 1. The maximum atomic E-state index is 5.50. The van der Waals surface area contributed by atoms with E-state index in [4.69, 9.17) is 24.2 Å². The second kappa shape index (κ2) is 9.21. The predicted octanol–water partition coefficient (Wildman–Crippen LogP) is 4.41. The molecule has 0 bridgehead atoms. The van der Waals surface area contributed by atoms with Gasteiger partial charge in [-0.3, -0.25) is 4.90 Å². The number of hydrogen-bond acceptors (Lipinski definition) is 8. The van der Waals surface area contributed by atoms with Gasteiger partial charge in [0.15, 0.2) is 11.5 Å².